The molecular formula is C12H19N3O4. The maximum atomic E-state index is 11.7. The number of alkyl carbamates (subject to hydrolysis) is 1. The van der Waals surface area contributed by atoms with E-state index in [0.717, 1.165) is 0 Å². The lowest BCUT2D eigenvalue weighted by molar-refractivity contribution is -0.137. The summed E-state index contributed by atoms with van der Waals surface area (Å²) >= 11 is 0. The third-order valence-electron chi connectivity index (χ3n) is 2.28. The lowest BCUT2D eigenvalue weighted by Gasteiger charge is -2.23. The van der Waals surface area contributed by atoms with Crippen LogP contribution in [0, 0.1) is 0 Å². The highest BCUT2D eigenvalue weighted by molar-refractivity contribution is 5.72. The Morgan fingerprint density at radius 2 is 2.16 bits per heavy atom. The van der Waals surface area contributed by atoms with E-state index in [2.05, 4.69) is 10.3 Å². The Labute approximate surface area is 111 Å². The van der Waals surface area contributed by atoms with Crippen molar-refractivity contribution in [1.29, 1.82) is 0 Å². The fraction of sp³-hybridized carbons (Fsp3) is 0.583. The Morgan fingerprint density at radius 3 is 2.58 bits per heavy atom. The van der Waals surface area contributed by atoms with Gasteiger partial charge < -0.3 is 19.7 Å². The first-order valence-electron chi connectivity index (χ1n) is 5.86. The van der Waals surface area contributed by atoms with Crippen LogP contribution in [0.15, 0.2) is 12.5 Å². The van der Waals surface area contributed by atoms with Crippen LogP contribution in [0.2, 0.25) is 0 Å². The molecule has 1 aromatic rings. The Morgan fingerprint density at radius 1 is 1.53 bits per heavy atom. The Hall–Kier alpha value is -2.05. The molecule has 2 N–H and O–H groups in total. The first kappa shape index (κ1) is 15.0. The topological polar surface area (TPSA) is 93.5 Å². The van der Waals surface area contributed by atoms with Gasteiger partial charge in [0, 0.05) is 7.05 Å². The standard InChI is InChI=1S/C12H19N3O4/c1-12(2,3)19-11(18)14-8(5-10(16)17)9-6-13-7-15(9)4/h6-8H,5H2,1-4H3,(H,14,18)(H,16,17)/t8-/m1/s1. The number of hydrogen-bond acceptors (Lipinski definition) is 4. The van der Waals surface area contributed by atoms with Crippen molar-refractivity contribution in [2.45, 2.75) is 38.8 Å². The summed E-state index contributed by atoms with van der Waals surface area (Å²) in [5, 5.41) is 11.4. The molecule has 0 radical (unpaired) electrons. The molecule has 0 saturated carbocycles. The van der Waals surface area contributed by atoms with E-state index in [4.69, 9.17) is 9.84 Å². The van der Waals surface area contributed by atoms with E-state index in [9.17, 15) is 9.59 Å². The summed E-state index contributed by atoms with van der Waals surface area (Å²) in [6, 6.07) is -0.681. The highest BCUT2D eigenvalue weighted by Gasteiger charge is 2.24. The number of amides is 1. The van der Waals surface area contributed by atoms with Crippen molar-refractivity contribution in [3.05, 3.63) is 18.2 Å². The third-order valence-corrected chi connectivity index (χ3v) is 2.28. The number of aliphatic carboxylic acids is 1. The smallest absolute Gasteiger partial charge is 0.408 e. The number of carboxylic acids is 1. The molecule has 0 saturated heterocycles. The van der Waals surface area contributed by atoms with Crippen LogP contribution in [0.5, 0.6) is 0 Å². The first-order chi connectivity index (χ1) is 8.69. The number of rotatable bonds is 4. The highest BCUT2D eigenvalue weighted by Crippen LogP contribution is 2.17. The van der Waals surface area contributed by atoms with E-state index in [0.29, 0.717) is 5.69 Å². The van der Waals surface area contributed by atoms with Gasteiger partial charge in [0.05, 0.1) is 30.7 Å². The van der Waals surface area contributed by atoms with Gasteiger partial charge in [-0.15, -0.1) is 0 Å². The van der Waals surface area contributed by atoms with Crippen molar-refractivity contribution in [2.24, 2.45) is 7.05 Å². The van der Waals surface area contributed by atoms with Crippen molar-refractivity contribution in [1.82, 2.24) is 14.9 Å². The summed E-state index contributed by atoms with van der Waals surface area (Å²) in [5.74, 6) is -1.01. The normalized spacial score (nSPS) is 12.8. The summed E-state index contributed by atoms with van der Waals surface area (Å²) in [6.45, 7) is 5.22. The molecule has 0 unspecified atom stereocenters. The van der Waals surface area contributed by atoms with Gasteiger partial charge in [-0.2, -0.15) is 0 Å². The van der Waals surface area contributed by atoms with Crippen LogP contribution in [0.25, 0.3) is 0 Å². The highest BCUT2D eigenvalue weighted by atomic mass is 16.6. The average molecular weight is 269 g/mol. The molecule has 106 valence electrons. The maximum Gasteiger partial charge on any atom is 0.408 e. The van der Waals surface area contributed by atoms with E-state index in [1.807, 2.05) is 0 Å². The van der Waals surface area contributed by atoms with Gasteiger partial charge in [-0.1, -0.05) is 0 Å². The minimum Gasteiger partial charge on any atom is -0.481 e. The predicted molar refractivity (Wildman–Crippen MR) is 67.6 cm³/mol. The van der Waals surface area contributed by atoms with Gasteiger partial charge in [-0.25, -0.2) is 9.78 Å². The largest absolute Gasteiger partial charge is 0.481 e. The molecule has 7 heteroatoms. The fourth-order valence-electron chi connectivity index (χ4n) is 1.56. The van der Waals surface area contributed by atoms with E-state index in [1.54, 1.807) is 38.7 Å². The lowest BCUT2D eigenvalue weighted by Crippen LogP contribution is -2.36. The molecule has 0 aromatic carbocycles. The lowest BCUT2D eigenvalue weighted by atomic mass is 10.1. The number of hydrogen-bond donors (Lipinski definition) is 2. The van der Waals surface area contributed by atoms with Gasteiger partial charge in [0.1, 0.15) is 5.60 Å². The van der Waals surface area contributed by atoms with E-state index < -0.39 is 23.7 Å². The average Bonchev–Trinajstić information content (AvgIpc) is 2.59. The minimum absolute atomic E-state index is 0.237. The Balaban J connectivity index is 2.79. The number of carbonyl (C=O) groups excluding carboxylic acids is 1. The van der Waals surface area contributed by atoms with Gasteiger partial charge in [0.2, 0.25) is 0 Å². The number of carbonyl (C=O) groups is 2. The molecule has 1 heterocycles. The van der Waals surface area contributed by atoms with Crippen molar-refractivity contribution < 1.29 is 19.4 Å². The number of imidazole rings is 1. The molecule has 1 amide bonds. The van der Waals surface area contributed by atoms with Gasteiger partial charge in [-0.05, 0) is 20.8 Å². The van der Waals surface area contributed by atoms with Crippen LogP contribution in [-0.2, 0) is 16.6 Å². The summed E-state index contributed by atoms with van der Waals surface area (Å²) < 4.78 is 6.77. The summed E-state index contributed by atoms with van der Waals surface area (Å²) in [6.07, 6.45) is 2.17. The van der Waals surface area contributed by atoms with Crippen LogP contribution in [0.1, 0.15) is 38.9 Å². The van der Waals surface area contributed by atoms with Gasteiger partial charge in [0.15, 0.2) is 0 Å². The zero-order chi connectivity index (χ0) is 14.6. The Bertz CT molecular complexity index is 462. The van der Waals surface area contributed by atoms with Crippen molar-refractivity contribution in [3.8, 4) is 0 Å². The number of aryl methyl sites for hydroxylation is 1. The van der Waals surface area contributed by atoms with E-state index >= 15 is 0 Å². The molecule has 1 rings (SSSR count). The van der Waals surface area contributed by atoms with E-state index in [-0.39, 0.29) is 6.42 Å². The third kappa shape index (κ3) is 4.99. The maximum absolute atomic E-state index is 11.7. The predicted octanol–water partition coefficient (Wildman–Crippen LogP) is 1.46. The first-order valence-corrected chi connectivity index (χ1v) is 5.86. The molecule has 1 aromatic heterocycles. The molecular weight excluding hydrogens is 250 g/mol. The van der Waals surface area contributed by atoms with Gasteiger partial charge in [0.25, 0.3) is 0 Å². The molecule has 0 spiro atoms. The molecule has 0 aliphatic carbocycles. The SMILES string of the molecule is Cn1cncc1[C@@H](CC(=O)O)NC(=O)OC(C)(C)C. The number of ether oxygens (including phenoxy) is 1. The van der Waals surface area contributed by atoms with Crippen molar-refractivity contribution in [2.75, 3.05) is 0 Å². The van der Waals surface area contributed by atoms with Crippen LogP contribution in [0.3, 0.4) is 0 Å². The molecule has 0 aliphatic rings. The van der Waals surface area contributed by atoms with Gasteiger partial charge in [-0.3, -0.25) is 4.79 Å². The summed E-state index contributed by atoms with van der Waals surface area (Å²) in [5.41, 5.74) is -0.0297. The monoisotopic (exact) mass is 269 g/mol. The van der Waals surface area contributed by atoms with Crippen LogP contribution in [-0.4, -0.2) is 32.3 Å². The number of nitrogens with zero attached hydrogens (tertiary/aromatic N) is 2. The molecule has 7 nitrogen and oxygen atoms in total. The second-order valence-electron chi connectivity index (χ2n) is 5.23. The zero-order valence-corrected chi connectivity index (χ0v) is 11.5. The summed E-state index contributed by atoms with van der Waals surface area (Å²) in [4.78, 5) is 26.5. The fourth-order valence-corrected chi connectivity index (χ4v) is 1.56. The molecule has 0 aliphatic heterocycles. The Kier molecular flexibility index (Phi) is 4.52. The second kappa shape index (κ2) is 5.73. The number of aromatic nitrogens is 2. The zero-order valence-electron chi connectivity index (χ0n) is 11.5. The van der Waals surface area contributed by atoms with Crippen LogP contribution >= 0.6 is 0 Å². The molecule has 19 heavy (non-hydrogen) atoms. The van der Waals surface area contributed by atoms with Gasteiger partial charge >= 0.3 is 12.1 Å². The molecule has 0 bridgehead atoms. The van der Waals surface area contributed by atoms with Crippen molar-refractivity contribution >= 4 is 12.1 Å². The minimum atomic E-state index is -1.01. The number of carboxylic acid groups (broad SMARTS) is 1. The molecule has 1 atom stereocenters. The van der Waals surface area contributed by atoms with Crippen LogP contribution in [0.4, 0.5) is 4.79 Å². The quantitative estimate of drug-likeness (QED) is 0.863. The number of nitrogens with one attached hydrogen (secondary N) is 1. The second-order valence-corrected chi connectivity index (χ2v) is 5.23. The summed E-state index contributed by atoms with van der Waals surface area (Å²) in [7, 11) is 1.73. The van der Waals surface area contributed by atoms with E-state index in [1.165, 1.54) is 6.20 Å². The molecule has 0 fully saturated rings. The van der Waals surface area contributed by atoms with Crippen LogP contribution < -0.4 is 5.32 Å². The van der Waals surface area contributed by atoms with Crippen molar-refractivity contribution in [3.63, 3.8) is 0 Å².